The third-order valence-corrected chi connectivity index (χ3v) is 12.0. The van der Waals surface area contributed by atoms with Crippen LogP contribution in [0.4, 0.5) is 0 Å². The molecule has 0 aliphatic heterocycles. The van der Waals surface area contributed by atoms with Crippen LogP contribution in [0, 0.1) is 0 Å². The summed E-state index contributed by atoms with van der Waals surface area (Å²) in [5.41, 5.74) is 0. The topological polar surface area (TPSA) is 111 Å². The molecule has 0 radical (unpaired) electrons. The Balaban J connectivity index is 4.09. The van der Waals surface area contributed by atoms with Crippen LogP contribution >= 0.6 is 0 Å². The van der Waals surface area contributed by atoms with Gasteiger partial charge < -0.3 is 33.3 Å². The Morgan fingerprint density at radius 3 is 1.22 bits per heavy atom. The smallest absolute Gasteiger partial charge is 0.306 e. The standard InChI is InChI=1S/C54H103NO8/c1-6-8-10-12-14-16-18-19-20-21-22-23-24-25-26-27-28-29-30-31-32-33-35-36-38-40-42-44-51(56)61-48-50(49-62-54(53(58)59)60-47-46-55(3,4)5)63-52(57)45-43-41-39-37-34-17-15-13-11-9-7-2/h13,15,50,54H,6-12,14,16-49H2,1-5H3/b15-13-. The first-order chi connectivity index (χ1) is 30.6. The molecule has 2 unspecified atom stereocenters. The molecule has 0 rings (SSSR count). The van der Waals surface area contributed by atoms with E-state index in [-0.39, 0.29) is 32.2 Å². The summed E-state index contributed by atoms with van der Waals surface area (Å²) in [5, 5.41) is 11.7. The minimum absolute atomic E-state index is 0.149. The molecule has 0 aromatic heterocycles. The zero-order valence-corrected chi connectivity index (χ0v) is 42.2. The number of aliphatic carboxylic acids is 1. The second-order valence-corrected chi connectivity index (χ2v) is 19.5. The van der Waals surface area contributed by atoms with E-state index in [1.165, 1.54) is 167 Å². The molecule has 0 saturated carbocycles. The number of ether oxygens (including phenoxy) is 4. The first-order valence-electron chi connectivity index (χ1n) is 26.8. The summed E-state index contributed by atoms with van der Waals surface area (Å²) in [4.78, 5) is 37.0. The van der Waals surface area contributed by atoms with E-state index in [1.807, 2.05) is 21.1 Å². The molecule has 0 aromatic rings. The largest absolute Gasteiger partial charge is 0.545 e. The van der Waals surface area contributed by atoms with E-state index < -0.39 is 24.3 Å². The van der Waals surface area contributed by atoms with Gasteiger partial charge in [0.15, 0.2) is 12.4 Å². The van der Waals surface area contributed by atoms with Gasteiger partial charge in [-0.15, -0.1) is 0 Å². The number of carbonyl (C=O) groups excluding carboxylic acids is 3. The summed E-state index contributed by atoms with van der Waals surface area (Å²) in [5.74, 6) is -2.28. The second-order valence-electron chi connectivity index (χ2n) is 19.5. The van der Waals surface area contributed by atoms with Crippen molar-refractivity contribution in [3.05, 3.63) is 12.2 Å². The van der Waals surface area contributed by atoms with Gasteiger partial charge in [-0.2, -0.15) is 0 Å². The summed E-state index contributed by atoms with van der Waals surface area (Å²) in [6.07, 6.45) is 48.5. The number of unbranched alkanes of at least 4 members (excludes halogenated alkanes) is 33. The fourth-order valence-electron chi connectivity index (χ4n) is 7.81. The normalized spacial score (nSPS) is 12.8. The molecule has 0 heterocycles. The van der Waals surface area contributed by atoms with Gasteiger partial charge in [-0.25, -0.2) is 0 Å². The summed E-state index contributed by atoms with van der Waals surface area (Å²) in [6.45, 7) is 4.73. The van der Waals surface area contributed by atoms with Gasteiger partial charge in [0.05, 0.1) is 40.3 Å². The van der Waals surface area contributed by atoms with E-state index >= 15 is 0 Å². The fourth-order valence-corrected chi connectivity index (χ4v) is 7.81. The molecule has 0 aliphatic rings. The van der Waals surface area contributed by atoms with Crippen molar-refractivity contribution < 1.29 is 42.9 Å². The predicted octanol–water partition coefficient (Wildman–Crippen LogP) is 13.7. The number of allylic oxidation sites excluding steroid dienone is 2. The predicted molar refractivity (Wildman–Crippen MR) is 260 cm³/mol. The molecular formula is C54H103NO8. The second kappa shape index (κ2) is 46.6. The first-order valence-corrected chi connectivity index (χ1v) is 26.8. The van der Waals surface area contributed by atoms with Gasteiger partial charge in [0.2, 0.25) is 0 Å². The number of esters is 2. The van der Waals surface area contributed by atoms with E-state index in [2.05, 4.69) is 26.0 Å². The number of carbonyl (C=O) groups is 3. The first kappa shape index (κ1) is 61.0. The molecule has 63 heavy (non-hydrogen) atoms. The van der Waals surface area contributed by atoms with E-state index in [0.717, 1.165) is 57.8 Å². The highest BCUT2D eigenvalue weighted by Crippen LogP contribution is 2.17. The van der Waals surface area contributed by atoms with Crippen LogP contribution in [0.15, 0.2) is 12.2 Å². The number of carboxylic acid groups (broad SMARTS) is 1. The van der Waals surface area contributed by atoms with Crippen LogP contribution in [0.1, 0.15) is 258 Å². The van der Waals surface area contributed by atoms with Crippen molar-refractivity contribution in [3.63, 3.8) is 0 Å². The van der Waals surface area contributed by atoms with Gasteiger partial charge >= 0.3 is 11.9 Å². The van der Waals surface area contributed by atoms with Crippen LogP contribution in [-0.4, -0.2) is 82.3 Å². The highest BCUT2D eigenvalue weighted by Gasteiger charge is 2.22. The Labute approximate surface area is 389 Å². The quantitative estimate of drug-likeness (QED) is 0.0195. The lowest BCUT2D eigenvalue weighted by Crippen LogP contribution is -2.44. The maximum atomic E-state index is 12.7. The van der Waals surface area contributed by atoms with Crippen molar-refractivity contribution in [1.82, 2.24) is 0 Å². The van der Waals surface area contributed by atoms with Gasteiger partial charge in [0, 0.05) is 12.8 Å². The SMILES string of the molecule is CCCC/C=C\CCCCCCCC(=O)OC(COC(=O)CCCCCCCCCCCCCCCCCCCCCCCCCCCCC)COC(OCC[N+](C)(C)C)C(=O)[O-]. The van der Waals surface area contributed by atoms with Gasteiger partial charge in [-0.3, -0.25) is 9.59 Å². The minimum Gasteiger partial charge on any atom is -0.545 e. The zero-order chi connectivity index (χ0) is 46.3. The van der Waals surface area contributed by atoms with Crippen molar-refractivity contribution >= 4 is 17.9 Å². The molecule has 372 valence electrons. The third-order valence-electron chi connectivity index (χ3n) is 12.0. The number of quaternary nitrogens is 1. The van der Waals surface area contributed by atoms with E-state index in [1.54, 1.807) is 0 Å². The van der Waals surface area contributed by atoms with Crippen molar-refractivity contribution in [2.75, 3.05) is 47.5 Å². The maximum Gasteiger partial charge on any atom is 0.306 e. The highest BCUT2D eigenvalue weighted by molar-refractivity contribution is 5.70. The summed E-state index contributed by atoms with van der Waals surface area (Å²) >= 11 is 0. The van der Waals surface area contributed by atoms with Crippen LogP contribution < -0.4 is 5.11 Å². The average Bonchev–Trinajstić information content (AvgIpc) is 3.24. The van der Waals surface area contributed by atoms with Crippen LogP contribution in [0.5, 0.6) is 0 Å². The maximum absolute atomic E-state index is 12.7. The number of carboxylic acids is 1. The summed E-state index contributed by atoms with van der Waals surface area (Å²) < 4.78 is 22.6. The summed E-state index contributed by atoms with van der Waals surface area (Å²) in [6, 6.07) is 0. The molecule has 9 nitrogen and oxygen atoms in total. The monoisotopic (exact) mass is 894 g/mol. The van der Waals surface area contributed by atoms with Gasteiger partial charge in [0.1, 0.15) is 13.2 Å². The molecule has 0 aromatic carbocycles. The Hall–Kier alpha value is -1.97. The minimum atomic E-state index is -1.62. The lowest BCUT2D eigenvalue weighted by molar-refractivity contribution is -0.870. The molecule has 0 N–H and O–H groups in total. The third kappa shape index (κ3) is 47.8. The van der Waals surface area contributed by atoms with Crippen molar-refractivity contribution in [2.45, 2.75) is 270 Å². The molecule has 0 amide bonds. The van der Waals surface area contributed by atoms with Crippen LogP contribution in [0.25, 0.3) is 0 Å². The van der Waals surface area contributed by atoms with Crippen molar-refractivity contribution in [1.29, 1.82) is 0 Å². The molecule has 0 aliphatic carbocycles. The Kier molecular flexibility index (Phi) is 45.1. The molecule has 0 spiro atoms. The van der Waals surface area contributed by atoms with Crippen LogP contribution in [-0.2, 0) is 33.3 Å². The summed E-state index contributed by atoms with van der Waals surface area (Å²) in [7, 11) is 5.92. The highest BCUT2D eigenvalue weighted by atomic mass is 16.7. The number of likely N-dealkylation sites (N-methyl/N-ethyl adjacent to an activating group) is 1. The van der Waals surface area contributed by atoms with E-state index in [0.29, 0.717) is 23.9 Å². The number of hydrogen-bond donors (Lipinski definition) is 0. The van der Waals surface area contributed by atoms with E-state index in [9.17, 15) is 19.5 Å². The Bertz CT molecular complexity index is 1040. The molecular weight excluding hydrogens is 791 g/mol. The van der Waals surface area contributed by atoms with Crippen LogP contribution in [0.2, 0.25) is 0 Å². The van der Waals surface area contributed by atoms with Crippen LogP contribution in [0.3, 0.4) is 0 Å². The molecule has 0 fully saturated rings. The molecule has 9 heteroatoms. The number of rotatable bonds is 50. The molecule has 0 saturated heterocycles. The Morgan fingerprint density at radius 2 is 0.825 bits per heavy atom. The lowest BCUT2D eigenvalue weighted by Gasteiger charge is -2.26. The molecule has 0 bridgehead atoms. The number of nitrogens with zero attached hydrogens (tertiary/aromatic N) is 1. The van der Waals surface area contributed by atoms with E-state index in [4.69, 9.17) is 18.9 Å². The zero-order valence-electron chi connectivity index (χ0n) is 42.2. The fraction of sp³-hybridized carbons (Fsp3) is 0.907. The van der Waals surface area contributed by atoms with Crippen molar-refractivity contribution in [2.24, 2.45) is 0 Å². The molecule has 2 atom stereocenters. The van der Waals surface area contributed by atoms with Gasteiger partial charge in [-0.1, -0.05) is 225 Å². The van der Waals surface area contributed by atoms with Gasteiger partial charge in [0.25, 0.3) is 0 Å². The number of hydrogen-bond acceptors (Lipinski definition) is 8. The Morgan fingerprint density at radius 1 is 0.460 bits per heavy atom. The van der Waals surface area contributed by atoms with Gasteiger partial charge in [-0.05, 0) is 32.1 Å². The lowest BCUT2D eigenvalue weighted by atomic mass is 10.0. The van der Waals surface area contributed by atoms with Crippen molar-refractivity contribution in [3.8, 4) is 0 Å². The average molecular weight is 894 g/mol.